The van der Waals surface area contributed by atoms with Crippen molar-refractivity contribution in [2.45, 2.75) is 20.0 Å². The lowest BCUT2D eigenvalue weighted by molar-refractivity contribution is -0.158. The molecule has 3 N–H and O–H groups in total. The normalized spacial score (nSPS) is 12.0. The van der Waals surface area contributed by atoms with Gasteiger partial charge < -0.3 is 15.8 Å². The van der Waals surface area contributed by atoms with Crippen LogP contribution in [0.1, 0.15) is 28.5 Å². The Balaban J connectivity index is 1.75. The molecule has 1 aromatic heterocycles. The molecular weight excluding hydrogens is 403 g/mol. The average Bonchev–Trinajstić information content (AvgIpc) is 3.12. The molecule has 0 radical (unpaired) electrons. The Kier molecular flexibility index (Phi) is 5.72. The second-order valence-corrected chi connectivity index (χ2v) is 6.28. The highest BCUT2D eigenvalue weighted by Gasteiger charge is 2.23. The number of alkyl halides is 2. The number of nitrogens with one attached hydrogen (secondary N) is 1. The number of halogens is 3. The number of aryl methyl sites for hydroxylation is 1. The fourth-order valence-corrected chi connectivity index (χ4v) is 2.39. The van der Waals surface area contributed by atoms with Gasteiger partial charge >= 0.3 is 6.11 Å². The van der Waals surface area contributed by atoms with E-state index in [0.29, 0.717) is 18.2 Å². The number of nitrogens with two attached hydrogens (primary N) is 1. The average molecular weight is 419 g/mol. The second kappa shape index (κ2) is 8.23. The molecule has 0 unspecified atom stereocenters. The SMILES string of the molecule is Cc1cc(N=C(N)c2nonc2NC(=O)c2ccc(OC(C)(F)F)cc2)ccc1F. The summed E-state index contributed by atoms with van der Waals surface area (Å²) in [5.41, 5.74) is 6.77. The van der Waals surface area contributed by atoms with Crippen molar-refractivity contribution in [1.29, 1.82) is 0 Å². The number of benzene rings is 2. The summed E-state index contributed by atoms with van der Waals surface area (Å²) in [4.78, 5) is 16.5. The Morgan fingerprint density at radius 1 is 1.20 bits per heavy atom. The van der Waals surface area contributed by atoms with E-state index in [0.717, 1.165) is 0 Å². The third-order valence-corrected chi connectivity index (χ3v) is 3.77. The molecule has 11 heteroatoms. The van der Waals surface area contributed by atoms with Gasteiger partial charge in [0.05, 0.1) is 5.69 Å². The van der Waals surface area contributed by atoms with Crippen molar-refractivity contribution in [3.05, 3.63) is 65.1 Å². The van der Waals surface area contributed by atoms with Crippen molar-refractivity contribution in [3.8, 4) is 5.75 Å². The lowest BCUT2D eigenvalue weighted by atomic mass is 10.2. The Bertz CT molecular complexity index is 1090. The number of ether oxygens (including phenoxy) is 1. The van der Waals surface area contributed by atoms with E-state index in [1.54, 1.807) is 6.92 Å². The van der Waals surface area contributed by atoms with Gasteiger partial charge in [-0.25, -0.2) is 14.0 Å². The maximum Gasteiger partial charge on any atom is 0.394 e. The van der Waals surface area contributed by atoms with Crippen LogP contribution in [0.25, 0.3) is 0 Å². The summed E-state index contributed by atoms with van der Waals surface area (Å²) in [5.74, 6) is -1.32. The molecule has 0 aliphatic heterocycles. The van der Waals surface area contributed by atoms with Crippen LogP contribution in [0.5, 0.6) is 5.75 Å². The molecule has 0 spiro atoms. The number of hydrogen-bond donors (Lipinski definition) is 2. The molecule has 0 atom stereocenters. The van der Waals surface area contributed by atoms with Gasteiger partial charge in [0.2, 0.25) is 5.82 Å². The van der Waals surface area contributed by atoms with E-state index in [4.69, 9.17) is 5.73 Å². The fourth-order valence-electron chi connectivity index (χ4n) is 2.39. The Morgan fingerprint density at radius 2 is 1.90 bits per heavy atom. The van der Waals surface area contributed by atoms with Gasteiger partial charge in [0.1, 0.15) is 11.6 Å². The minimum Gasteiger partial charge on any atom is -0.433 e. The second-order valence-electron chi connectivity index (χ2n) is 6.28. The largest absolute Gasteiger partial charge is 0.433 e. The molecule has 0 saturated heterocycles. The molecule has 0 bridgehead atoms. The molecular formula is C19H16F3N5O3. The Hall–Kier alpha value is -3.89. The fraction of sp³-hybridized carbons (Fsp3) is 0.158. The topological polar surface area (TPSA) is 116 Å². The zero-order valence-corrected chi connectivity index (χ0v) is 15.8. The monoisotopic (exact) mass is 419 g/mol. The summed E-state index contributed by atoms with van der Waals surface area (Å²) < 4.78 is 48.1. The number of aromatic nitrogens is 2. The molecule has 1 heterocycles. The highest BCUT2D eigenvalue weighted by molar-refractivity contribution is 6.08. The summed E-state index contributed by atoms with van der Waals surface area (Å²) >= 11 is 0. The smallest absolute Gasteiger partial charge is 0.394 e. The first-order chi connectivity index (χ1) is 14.1. The minimum absolute atomic E-state index is 0.0316. The van der Waals surface area contributed by atoms with Gasteiger partial charge in [-0.1, -0.05) is 0 Å². The molecule has 0 fully saturated rings. The number of amides is 1. The molecule has 1 amide bonds. The van der Waals surface area contributed by atoms with Crippen molar-refractivity contribution in [3.63, 3.8) is 0 Å². The van der Waals surface area contributed by atoms with Crippen LogP contribution in [0.3, 0.4) is 0 Å². The van der Waals surface area contributed by atoms with Crippen LogP contribution in [0.15, 0.2) is 52.1 Å². The third-order valence-electron chi connectivity index (χ3n) is 3.77. The quantitative estimate of drug-likeness (QED) is 0.464. The van der Waals surface area contributed by atoms with Gasteiger partial charge in [0.15, 0.2) is 11.5 Å². The number of carbonyl (C=O) groups is 1. The van der Waals surface area contributed by atoms with Crippen molar-refractivity contribution in [2.75, 3.05) is 5.32 Å². The van der Waals surface area contributed by atoms with E-state index in [1.165, 1.54) is 42.5 Å². The van der Waals surface area contributed by atoms with Crippen molar-refractivity contribution in [1.82, 2.24) is 10.3 Å². The standard InChI is InChI=1S/C19H16F3N5O3/c1-10-9-12(5-8-14(10)20)24-16(23)15-17(27-30-26-15)25-18(28)11-3-6-13(7-4-11)29-19(2,21)22/h3-9H,1-2H3,(H2,23,24)(H,25,27,28). The van der Waals surface area contributed by atoms with E-state index in [-0.39, 0.29) is 34.5 Å². The summed E-state index contributed by atoms with van der Waals surface area (Å²) in [7, 11) is 0. The predicted octanol–water partition coefficient (Wildman–Crippen LogP) is 3.80. The van der Waals surface area contributed by atoms with Crippen LogP contribution in [0.4, 0.5) is 24.7 Å². The van der Waals surface area contributed by atoms with Crippen molar-refractivity contribution >= 4 is 23.2 Å². The van der Waals surface area contributed by atoms with Crippen LogP contribution in [-0.4, -0.2) is 28.2 Å². The summed E-state index contributed by atoms with van der Waals surface area (Å²) in [6.07, 6.45) is -3.34. The van der Waals surface area contributed by atoms with Gasteiger partial charge in [-0.2, -0.15) is 8.78 Å². The molecule has 0 aliphatic carbocycles. The first kappa shape index (κ1) is 20.8. The molecule has 0 aliphatic rings. The molecule has 2 aromatic carbocycles. The van der Waals surface area contributed by atoms with Crippen LogP contribution < -0.4 is 15.8 Å². The summed E-state index contributed by atoms with van der Waals surface area (Å²) in [5, 5.41) is 9.64. The molecule has 30 heavy (non-hydrogen) atoms. The van der Waals surface area contributed by atoms with Gasteiger partial charge in [0.25, 0.3) is 5.91 Å². The van der Waals surface area contributed by atoms with Gasteiger partial charge in [-0.3, -0.25) is 4.79 Å². The molecule has 156 valence electrons. The van der Waals surface area contributed by atoms with E-state index in [1.807, 2.05) is 0 Å². The summed E-state index contributed by atoms with van der Waals surface area (Å²) in [6, 6.07) is 9.18. The number of amidine groups is 1. The van der Waals surface area contributed by atoms with Gasteiger partial charge in [-0.15, -0.1) is 0 Å². The summed E-state index contributed by atoms with van der Waals surface area (Å²) in [6.45, 7) is 2.18. The lowest BCUT2D eigenvalue weighted by Crippen LogP contribution is -2.20. The van der Waals surface area contributed by atoms with Crippen LogP contribution in [0, 0.1) is 12.7 Å². The highest BCUT2D eigenvalue weighted by Crippen LogP contribution is 2.22. The van der Waals surface area contributed by atoms with Crippen molar-refractivity contribution < 1.29 is 27.3 Å². The number of hydrogen-bond acceptors (Lipinski definition) is 6. The predicted molar refractivity (Wildman–Crippen MR) is 101 cm³/mol. The Morgan fingerprint density at radius 3 is 2.53 bits per heavy atom. The zero-order valence-electron chi connectivity index (χ0n) is 15.8. The molecule has 8 nitrogen and oxygen atoms in total. The van der Waals surface area contributed by atoms with Crippen LogP contribution in [0.2, 0.25) is 0 Å². The van der Waals surface area contributed by atoms with E-state index in [2.05, 4.69) is 30.0 Å². The minimum atomic E-state index is -3.34. The van der Waals surface area contributed by atoms with Crippen LogP contribution in [-0.2, 0) is 0 Å². The number of anilines is 1. The zero-order chi connectivity index (χ0) is 21.9. The van der Waals surface area contributed by atoms with E-state index in [9.17, 15) is 18.0 Å². The maximum absolute atomic E-state index is 13.4. The molecule has 0 saturated carbocycles. The highest BCUT2D eigenvalue weighted by atomic mass is 19.3. The maximum atomic E-state index is 13.4. The van der Waals surface area contributed by atoms with E-state index >= 15 is 0 Å². The molecule has 3 aromatic rings. The number of rotatable bonds is 6. The first-order valence-electron chi connectivity index (χ1n) is 8.54. The Labute approximate surface area is 168 Å². The lowest BCUT2D eigenvalue weighted by Gasteiger charge is -2.13. The third kappa shape index (κ3) is 5.13. The van der Waals surface area contributed by atoms with Gasteiger partial charge in [-0.05, 0) is 65.3 Å². The van der Waals surface area contributed by atoms with Gasteiger partial charge in [0, 0.05) is 12.5 Å². The number of carbonyl (C=O) groups excluding carboxylic acids is 1. The van der Waals surface area contributed by atoms with Crippen molar-refractivity contribution in [2.24, 2.45) is 10.7 Å². The number of nitrogens with zero attached hydrogens (tertiary/aromatic N) is 3. The first-order valence-corrected chi connectivity index (χ1v) is 8.54. The van der Waals surface area contributed by atoms with E-state index < -0.39 is 12.0 Å². The van der Waals surface area contributed by atoms with Crippen LogP contribution >= 0.6 is 0 Å². The number of aliphatic imine (C=N–C) groups is 1. The molecule has 3 rings (SSSR count).